The molecule has 158 valence electrons. The quantitative estimate of drug-likeness (QED) is 0.519. The third kappa shape index (κ3) is 3.77. The SMILES string of the molecule is Cc1nn(-c2ccc(F)cc2)c2[nH]c(=O)c(CNC[C@@H]3COc4ccccc4O3)cc12. The highest BCUT2D eigenvalue weighted by atomic mass is 19.1. The maximum absolute atomic E-state index is 13.3. The van der Waals surface area contributed by atoms with Crippen molar-refractivity contribution in [3.05, 3.63) is 82.0 Å². The van der Waals surface area contributed by atoms with Gasteiger partial charge in [-0.15, -0.1) is 0 Å². The Morgan fingerprint density at radius 1 is 1.19 bits per heavy atom. The van der Waals surface area contributed by atoms with Crippen molar-refractivity contribution >= 4 is 11.0 Å². The number of benzene rings is 2. The number of aromatic nitrogens is 3. The predicted octanol–water partition coefficient (Wildman–Crippen LogP) is 3.09. The van der Waals surface area contributed by atoms with E-state index in [-0.39, 0.29) is 17.5 Å². The van der Waals surface area contributed by atoms with Crippen LogP contribution in [0.3, 0.4) is 0 Å². The molecule has 8 heteroatoms. The van der Waals surface area contributed by atoms with Crippen LogP contribution in [-0.4, -0.2) is 34.0 Å². The van der Waals surface area contributed by atoms with E-state index in [0.717, 1.165) is 22.6 Å². The van der Waals surface area contributed by atoms with Crippen molar-refractivity contribution in [2.75, 3.05) is 13.2 Å². The average molecular weight is 420 g/mol. The highest BCUT2D eigenvalue weighted by Crippen LogP contribution is 2.30. The Hall–Kier alpha value is -3.65. The summed E-state index contributed by atoms with van der Waals surface area (Å²) in [7, 11) is 0. The topological polar surface area (TPSA) is 81.2 Å². The minimum atomic E-state index is -0.324. The van der Waals surface area contributed by atoms with Gasteiger partial charge in [0.15, 0.2) is 11.5 Å². The molecule has 1 aliphatic rings. The number of H-pyrrole nitrogens is 1. The van der Waals surface area contributed by atoms with Crippen LogP contribution in [0.2, 0.25) is 0 Å². The van der Waals surface area contributed by atoms with Gasteiger partial charge in [0.25, 0.3) is 5.56 Å². The van der Waals surface area contributed by atoms with Gasteiger partial charge in [-0.25, -0.2) is 9.07 Å². The molecule has 2 N–H and O–H groups in total. The fourth-order valence-electron chi connectivity index (χ4n) is 3.69. The lowest BCUT2D eigenvalue weighted by Gasteiger charge is -2.26. The van der Waals surface area contributed by atoms with Crippen molar-refractivity contribution in [2.24, 2.45) is 0 Å². The van der Waals surface area contributed by atoms with Gasteiger partial charge in [-0.1, -0.05) is 12.1 Å². The molecule has 0 fully saturated rings. The summed E-state index contributed by atoms with van der Waals surface area (Å²) in [5.41, 5.74) is 2.44. The number of nitrogens with zero attached hydrogens (tertiary/aromatic N) is 2. The van der Waals surface area contributed by atoms with E-state index >= 15 is 0 Å². The molecule has 31 heavy (non-hydrogen) atoms. The van der Waals surface area contributed by atoms with Crippen LogP contribution < -0.4 is 20.3 Å². The molecule has 2 aromatic heterocycles. The Kier molecular flexibility index (Phi) is 4.91. The monoisotopic (exact) mass is 420 g/mol. The predicted molar refractivity (Wildman–Crippen MR) is 114 cm³/mol. The molecule has 1 aliphatic heterocycles. The normalized spacial score (nSPS) is 15.4. The highest BCUT2D eigenvalue weighted by Gasteiger charge is 2.20. The molecule has 0 bridgehead atoms. The average Bonchev–Trinajstić information content (AvgIpc) is 3.09. The van der Waals surface area contributed by atoms with Crippen molar-refractivity contribution in [3.63, 3.8) is 0 Å². The third-order valence-corrected chi connectivity index (χ3v) is 5.28. The molecule has 4 aromatic rings. The molecule has 5 rings (SSSR count). The van der Waals surface area contributed by atoms with Crippen LogP contribution in [0.5, 0.6) is 11.5 Å². The second-order valence-electron chi connectivity index (χ2n) is 7.49. The summed E-state index contributed by atoms with van der Waals surface area (Å²) >= 11 is 0. The lowest BCUT2D eigenvalue weighted by molar-refractivity contribution is 0.0902. The maximum Gasteiger partial charge on any atom is 0.254 e. The number of aryl methyl sites for hydroxylation is 1. The Balaban J connectivity index is 1.32. The molecular formula is C23H21FN4O3. The van der Waals surface area contributed by atoms with E-state index in [1.54, 1.807) is 16.8 Å². The Morgan fingerprint density at radius 2 is 1.97 bits per heavy atom. The molecule has 1 atom stereocenters. The first-order valence-corrected chi connectivity index (χ1v) is 10.0. The van der Waals surface area contributed by atoms with Crippen LogP contribution in [0.1, 0.15) is 11.3 Å². The highest BCUT2D eigenvalue weighted by molar-refractivity contribution is 5.80. The summed E-state index contributed by atoms with van der Waals surface area (Å²) < 4.78 is 26.5. The van der Waals surface area contributed by atoms with Crippen molar-refractivity contribution < 1.29 is 13.9 Å². The smallest absolute Gasteiger partial charge is 0.254 e. The summed E-state index contributed by atoms with van der Waals surface area (Å²) in [4.78, 5) is 15.6. The number of pyridine rings is 1. The van der Waals surface area contributed by atoms with Crippen LogP contribution in [0.15, 0.2) is 59.4 Å². The molecular weight excluding hydrogens is 399 g/mol. The number of rotatable bonds is 5. The van der Waals surface area contributed by atoms with E-state index in [1.807, 2.05) is 37.3 Å². The molecule has 0 saturated carbocycles. The summed E-state index contributed by atoms with van der Waals surface area (Å²) in [5, 5.41) is 8.63. The van der Waals surface area contributed by atoms with Crippen molar-refractivity contribution in [1.82, 2.24) is 20.1 Å². The summed E-state index contributed by atoms with van der Waals surface area (Å²) in [6.45, 7) is 3.25. The van der Waals surface area contributed by atoms with Gasteiger partial charge in [0.05, 0.1) is 11.4 Å². The van der Waals surface area contributed by atoms with Gasteiger partial charge in [0.1, 0.15) is 24.2 Å². The van der Waals surface area contributed by atoms with Gasteiger partial charge in [-0.3, -0.25) is 4.79 Å². The van der Waals surface area contributed by atoms with E-state index in [0.29, 0.717) is 36.6 Å². The van der Waals surface area contributed by atoms with Gasteiger partial charge in [-0.05, 0) is 49.4 Å². The largest absolute Gasteiger partial charge is 0.486 e. The number of halogens is 1. The second kappa shape index (κ2) is 7.88. The van der Waals surface area contributed by atoms with Crippen LogP contribution in [-0.2, 0) is 6.54 Å². The van der Waals surface area contributed by atoms with Crippen LogP contribution >= 0.6 is 0 Å². The molecule has 0 saturated heterocycles. The molecule has 0 spiro atoms. The minimum Gasteiger partial charge on any atom is -0.486 e. The molecule has 0 aliphatic carbocycles. The number of para-hydroxylation sites is 2. The lowest BCUT2D eigenvalue weighted by atomic mass is 10.2. The standard InChI is InChI=1S/C23H21FN4O3/c1-14-19-10-15(11-25-12-18-13-30-20-4-2-3-5-21(20)31-18)23(29)26-22(19)28(27-14)17-8-6-16(24)7-9-17/h2-10,18,25H,11-13H2,1H3,(H,26,29)/t18-/m1/s1. The lowest BCUT2D eigenvalue weighted by Crippen LogP contribution is -2.38. The van der Waals surface area contributed by atoms with Gasteiger partial charge < -0.3 is 19.8 Å². The van der Waals surface area contributed by atoms with E-state index in [4.69, 9.17) is 9.47 Å². The zero-order chi connectivity index (χ0) is 21.4. The number of fused-ring (bicyclic) bond motifs is 2. The Morgan fingerprint density at radius 3 is 2.77 bits per heavy atom. The van der Waals surface area contributed by atoms with Gasteiger partial charge in [-0.2, -0.15) is 5.10 Å². The van der Waals surface area contributed by atoms with E-state index < -0.39 is 0 Å². The van der Waals surface area contributed by atoms with Gasteiger partial charge >= 0.3 is 0 Å². The van der Waals surface area contributed by atoms with Gasteiger partial charge in [0, 0.05) is 24.0 Å². The number of hydrogen-bond acceptors (Lipinski definition) is 5. The number of ether oxygens (including phenoxy) is 2. The van der Waals surface area contributed by atoms with E-state index in [2.05, 4.69) is 15.4 Å². The molecule has 0 amide bonds. The zero-order valence-corrected chi connectivity index (χ0v) is 16.9. The molecule has 7 nitrogen and oxygen atoms in total. The van der Waals surface area contributed by atoms with Crippen LogP contribution in [0, 0.1) is 12.7 Å². The van der Waals surface area contributed by atoms with Gasteiger partial charge in [0.2, 0.25) is 0 Å². The molecule has 0 unspecified atom stereocenters. The number of aromatic amines is 1. The third-order valence-electron chi connectivity index (χ3n) is 5.28. The zero-order valence-electron chi connectivity index (χ0n) is 16.9. The Bertz CT molecular complexity index is 1300. The number of nitrogens with one attached hydrogen (secondary N) is 2. The first kappa shape index (κ1) is 19.3. The maximum atomic E-state index is 13.3. The molecule has 2 aromatic carbocycles. The van der Waals surface area contributed by atoms with E-state index in [9.17, 15) is 9.18 Å². The van der Waals surface area contributed by atoms with Crippen molar-refractivity contribution in [1.29, 1.82) is 0 Å². The van der Waals surface area contributed by atoms with Crippen molar-refractivity contribution in [3.8, 4) is 17.2 Å². The summed E-state index contributed by atoms with van der Waals surface area (Å²) in [6.07, 6.45) is -0.138. The fraction of sp³-hybridized carbons (Fsp3) is 0.217. The number of hydrogen-bond donors (Lipinski definition) is 2. The first-order chi connectivity index (χ1) is 15.1. The summed E-state index contributed by atoms with van der Waals surface area (Å²) in [6, 6.07) is 15.4. The molecule has 0 radical (unpaired) electrons. The summed E-state index contributed by atoms with van der Waals surface area (Å²) in [5.74, 6) is 1.15. The van der Waals surface area contributed by atoms with Crippen molar-refractivity contribution in [2.45, 2.75) is 19.6 Å². The van der Waals surface area contributed by atoms with Crippen LogP contribution in [0.4, 0.5) is 4.39 Å². The first-order valence-electron chi connectivity index (χ1n) is 10.0. The molecule has 3 heterocycles. The van der Waals surface area contributed by atoms with Crippen LogP contribution in [0.25, 0.3) is 16.7 Å². The fourth-order valence-corrected chi connectivity index (χ4v) is 3.69. The second-order valence-corrected chi connectivity index (χ2v) is 7.49. The van der Waals surface area contributed by atoms with E-state index in [1.165, 1.54) is 12.1 Å². The Labute approximate surface area is 177 Å². The minimum absolute atomic E-state index is 0.138.